The van der Waals surface area contributed by atoms with Gasteiger partial charge in [0, 0.05) is 19.7 Å². The molecule has 0 aliphatic carbocycles. The van der Waals surface area contributed by atoms with Crippen LogP contribution in [0.2, 0.25) is 0 Å². The second-order valence-electron chi connectivity index (χ2n) is 4.34. The van der Waals surface area contributed by atoms with Gasteiger partial charge in [-0.05, 0) is 20.8 Å². The Bertz CT molecular complexity index is 190. The maximum absolute atomic E-state index is 11.3. The molecule has 0 saturated heterocycles. The lowest BCUT2D eigenvalue weighted by atomic mass is 10.1. The Morgan fingerprint density at radius 1 is 1.53 bits per heavy atom. The zero-order valence-corrected chi connectivity index (χ0v) is 9.96. The minimum absolute atomic E-state index is 0.00596. The standard InChI is InChI=1S/C10H22N2O3/c1-8(6-15-4)12-9(13)5-11-7-10(2,3)14/h8,11,14H,5-7H2,1-4H3,(H,12,13). The molecule has 90 valence electrons. The number of aliphatic hydroxyl groups is 1. The van der Waals surface area contributed by atoms with Crippen LogP contribution in [0, 0.1) is 0 Å². The van der Waals surface area contributed by atoms with E-state index in [1.54, 1.807) is 21.0 Å². The van der Waals surface area contributed by atoms with Gasteiger partial charge in [-0.3, -0.25) is 4.79 Å². The molecule has 0 rings (SSSR count). The van der Waals surface area contributed by atoms with Crippen LogP contribution < -0.4 is 10.6 Å². The van der Waals surface area contributed by atoms with E-state index in [0.717, 1.165) is 0 Å². The van der Waals surface area contributed by atoms with Crippen molar-refractivity contribution < 1.29 is 14.6 Å². The van der Waals surface area contributed by atoms with E-state index in [4.69, 9.17) is 4.74 Å². The van der Waals surface area contributed by atoms with E-state index in [9.17, 15) is 9.90 Å². The number of rotatable bonds is 7. The first kappa shape index (κ1) is 14.3. The summed E-state index contributed by atoms with van der Waals surface area (Å²) < 4.78 is 4.89. The van der Waals surface area contributed by atoms with Gasteiger partial charge in [0.1, 0.15) is 0 Å². The molecule has 0 aliphatic rings. The van der Waals surface area contributed by atoms with Gasteiger partial charge in [-0.15, -0.1) is 0 Å². The van der Waals surface area contributed by atoms with Crippen molar-refractivity contribution in [2.24, 2.45) is 0 Å². The van der Waals surface area contributed by atoms with Crippen LogP contribution in [-0.2, 0) is 9.53 Å². The topological polar surface area (TPSA) is 70.6 Å². The molecule has 0 heterocycles. The highest BCUT2D eigenvalue weighted by Gasteiger charge is 2.12. The molecule has 0 aromatic heterocycles. The zero-order chi connectivity index (χ0) is 11.9. The van der Waals surface area contributed by atoms with E-state index in [-0.39, 0.29) is 18.5 Å². The molecule has 5 heteroatoms. The van der Waals surface area contributed by atoms with Gasteiger partial charge in [0.25, 0.3) is 0 Å². The van der Waals surface area contributed by atoms with Gasteiger partial charge in [-0.1, -0.05) is 0 Å². The summed E-state index contributed by atoms with van der Waals surface area (Å²) in [6.07, 6.45) is 0. The van der Waals surface area contributed by atoms with Crippen molar-refractivity contribution >= 4 is 5.91 Å². The van der Waals surface area contributed by atoms with Crippen molar-refractivity contribution in [1.29, 1.82) is 0 Å². The highest BCUT2D eigenvalue weighted by molar-refractivity contribution is 5.78. The second kappa shape index (κ2) is 6.76. The number of carbonyl (C=O) groups is 1. The van der Waals surface area contributed by atoms with Crippen molar-refractivity contribution in [1.82, 2.24) is 10.6 Å². The first-order valence-electron chi connectivity index (χ1n) is 5.06. The predicted octanol–water partition coefficient (Wildman–Crippen LogP) is -0.502. The molecule has 0 radical (unpaired) electrons. The van der Waals surface area contributed by atoms with Crippen LogP contribution in [0.4, 0.5) is 0 Å². The maximum atomic E-state index is 11.3. The summed E-state index contributed by atoms with van der Waals surface area (Å²) in [6.45, 7) is 6.34. The largest absolute Gasteiger partial charge is 0.389 e. The third kappa shape index (κ3) is 9.65. The van der Waals surface area contributed by atoms with Gasteiger partial charge in [0.2, 0.25) is 5.91 Å². The van der Waals surface area contributed by atoms with Crippen molar-refractivity contribution in [3.8, 4) is 0 Å². The molecular formula is C10H22N2O3. The molecule has 1 unspecified atom stereocenters. The molecule has 0 bridgehead atoms. The van der Waals surface area contributed by atoms with Crippen molar-refractivity contribution in [2.45, 2.75) is 32.4 Å². The third-order valence-electron chi connectivity index (χ3n) is 1.67. The minimum atomic E-state index is -0.793. The monoisotopic (exact) mass is 218 g/mol. The summed E-state index contributed by atoms with van der Waals surface area (Å²) in [5, 5.41) is 15.0. The molecule has 1 amide bonds. The third-order valence-corrected chi connectivity index (χ3v) is 1.67. The SMILES string of the molecule is COCC(C)NC(=O)CNCC(C)(C)O. The highest BCUT2D eigenvalue weighted by atomic mass is 16.5. The number of hydrogen-bond donors (Lipinski definition) is 3. The van der Waals surface area contributed by atoms with E-state index in [1.165, 1.54) is 0 Å². The molecule has 0 aromatic carbocycles. The molecule has 0 saturated carbocycles. The van der Waals surface area contributed by atoms with Crippen LogP contribution in [0.15, 0.2) is 0 Å². The fourth-order valence-electron chi connectivity index (χ4n) is 1.10. The Hall–Kier alpha value is -0.650. The van der Waals surface area contributed by atoms with Crippen LogP contribution >= 0.6 is 0 Å². The minimum Gasteiger partial charge on any atom is -0.389 e. The Kier molecular flexibility index (Phi) is 6.47. The molecular weight excluding hydrogens is 196 g/mol. The fraction of sp³-hybridized carbons (Fsp3) is 0.900. The van der Waals surface area contributed by atoms with Crippen LogP contribution in [0.25, 0.3) is 0 Å². The Labute approximate surface area is 91.2 Å². The van der Waals surface area contributed by atoms with Gasteiger partial charge in [0.05, 0.1) is 18.8 Å². The van der Waals surface area contributed by atoms with Crippen LogP contribution in [-0.4, -0.2) is 49.5 Å². The molecule has 5 nitrogen and oxygen atoms in total. The predicted molar refractivity (Wildman–Crippen MR) is 58.6 cm³/mol. The number of hydrogen-bond acceptors (Lipinski definition) is 4. The number of nitrogens with one attached hydrogen (secondary N) is 2. The number of methoxy groups -OCH3 is 1. The lowest BCUT2D eigenvalue weighted by molar-refractivity contribution is -0.121. The Balaban J connectivity index is 3.58. The first-order valence-corrected chi connectivity index (χ1v) is 5.06. The van der Waals surface area contributed by atoms with Crippen molar-refractivity contribution in [2.75, 3.05) is 26.8 Å². The second-order valence-corrected chi connectivity index (χ2v) is 4.34. The van der Waals surface area contributed by atoms with Gasteiger partial charge in [0.15, 0.2) is 0 Å². The molecule has 1 atom stereocenters. The normalized spacial score (nSPS) is 13.7. The summed E-state index contributed by atoms with van der Waals surface area (Å²) in [6, 6.07) is 0.00596. The number of amides is 1. The molecule has 0 aromatic rings. The molecule has 0 aliphatic heterocycles. The smallest absolute Gasteiger partial charge is 0.234 e. The van der Waals surface area contributed by atoms with Crippen molar-refractivity contribution in [3.05, 3.63) is 0 Å². The summed E-state index contributed by atoms with van der Waals surface area (Å²) in [4.78, 5) is 11.3. The molecule has 0 spiro atoms. The summed E-state index contributed by atoms with van der Waals surface area (Å²) in [7, 11) is 1.59. The molecule has 3 N–H and O–H groups in total. The van der Waals surface area contributed by atoms with E-state index < -0.39 is 5.60 Å². The summed E-state index contributed by atoms with van der Waals surface area (Å²) in [5.74, 6) is -0.0937. The van der Waals surface area contributed by atoms with Gasteiger partial charge in [-0.25, -0.2) is 0 Å². The summed E-state index contributed by atoms with van der Waals surface area (Å²) in [5.41, 5.74) is -0.793. The molecule has 0 fully saturated rings. The lowest BCUT2D eigenvalue weighted by Crippen LogP contribution is -2.44. The maximum Gasteiger partial charge on any atom is 0.234 e. The van der Waals surface area contributed by atoms with E-state index >= 15 is 0 Å². The Morgan fingerprint density at radius 3 is 2.60 bits per heavy atom. The number of carbonyl (C=O) groups excluding carboxylic acids is 1. The Morgan fingerprint density at radius 2 is 2.13 bits per heavy atom. The summed E-state index contributed by atoms with van der Waals surface area (Å²) >= 11 is 0. The van der Waals surface area contributed by atoms with Gasteiger partial charge < -0.3 is 20.5 Å². The average Bonchev–Trinajstić information content (AvgIpc) is 2.01. The van der Waals surface area contributed by atoms with Crippen LogP contribution in [0.3, 0.4) is 0 Å². The van der Waals surface area contributed by atoms with Crippen LogP contribution in [0.5, 0.6) is 0 Å². The average molecular weight is 218 g/mol. The van der Waals surface area contributed by atoms with E-state index in [2.05, 4.69) is 10.6 Å². The number of ether oxygens (including phenoxy) is 1. The van der Waals surface area contributed by atoms with Gasteiger partial charge in [-0.2, -0.15) is 0 Å². The zero-order valence-electron chi connectivity index (χ0n) is 9.96. The quantitative estimate of drug-likeness (QED) is 0.538. The fourth-order valence-corrected chi connectivity index (χ4v) is 1.10. The first-order chi connectivity index (χ1) is 6.85. The van der Waals surface area contributed by atoms with Crippen LogP contribution in [0.1, 0.15) is 20.8 Å². The molecule has 15 heavy (non-hydrogen) atoms. The lowest BCUT2D eigenvalue weighted by Gasteiger charge is -2.18. The van der Waals surface area contributed by atoms with Crippen molar-refractivity contribution in [3.63, 3.8) is 0 Å². The van der Waals surface area contributed by atoms with E-state index in [1.807, 2.05) is 6.92 Å². The van der Waals surface area contributed by atoms with E-state index in [0.29, 0.717) is 13.2 Å². The highest BCUT2D eigenvalue weighted by Crippen LogP contribution is 1.96. The van der Waals surface area contributed by atoms with Gasteiger partial charge >= 0.3 is 0 Å².